The number of anilines is 1. The molecule has 0 spiro atoms. The number of nitrogens with zero attached hydrogens (tertiary/aromatic N) is 6. The van der Waals surface area contributed by atoms with Crippen LogP contribution in [0.3, 0.4) is 0 Å². The van der Waals surface area contributed by atoms with E-state index in [4.69, 9.17) is 9.72 Å². The van der Waals surface area contributed by atoms with Crippen molar-refractivity contribution >= 4 is 22.8 Å². The van der Waals surface area contributed by atoms with Crippen LogP contribution in [0.2, 0.25) is 0 Å². The van der Waals surface area contributed by atoms with E-state index >= 15 is 0 Å². The molecule has 1 aromatic carbocycles. The second-order valence-corrected chi connectivity index (χ2v) is 15.0. The van der Waals surface area contributed by atoms with E-state index in [0.717, 1.165) is 43.8 Å². The first-order chi connectivity index (χ1) is 23.4. The summed E-state index contributed by atoms with van der Waals surface area (Å²) < 4.78 is 8.29. The highest BCUT2D eigenvalue weighted by Gasteiger charge is 2.38. The van der Waals surface area contributed by atoms with Gasteiger partial charge in [0.1, 0.15) is 35.2 Å². The van der Waals surface area contributed by atoms with Crippen molar-refractivity contribution < 1.29 is 4.74 Å². The summed E-state index contributed by atoms with van der Waals surface area (Å²) in [6, 6.07) is 12.6. The molecule has 0 N–H and O–H groups in total. The third-order valence-corrected chi connectivity index (χ3v) is 9.06. The molecule has 1 aliphatic carbocycles. The number of imidazole rings is 1. The second-order valence-electron chi connectivity index (χ2n) is 15.0. The zero-order valence-corrected chi connectivity index (χ0v) is 30.7. The van der Waals surface area contributed by atoms with Crippen LogP contribution in [0.5, 0.6) is 0 Å². The molecule has 0 bridgehead atoms. The molecule has 0 radical (unpaired) electrons. The van der Waals surface area contributed by atoms with Gasteiger partial charge < -0.3 is 14.2 Å². The highest BCUT2D eigenvalue weighted by molar-refractivity contribution is 5.82. The number of benzene rings is 1. The molecule has 256 valence electrons. The van der Waals surface area contributed by atoms with Crippen LogP contribution in [-0.4, -0.2) is 28.2 Å². The molecule has 2 heterocycles. The quantitative estimate of drug-likeness (QED) is 0.199. The normalized spacial score (nSPS) is 17.9. The molecule has 7 heteroatoms. The summed E-state index contributed by atoms with van der Waals surface area (Å²) in [6.45, 7) is 20.3. The Labute approximate surface area is 293 Å². The van der Waals surface area contributed by atoms with Crippen molar-refractivity contribution in [2.75, 3.05) is 18.0 Å². The van der Waals surface area contributed by atoms with Crippen LogP contribution in [0.25, 0.3) is 17.1 Å². The summed E-state index contributed by atoms with van der Waals surface area (Å²) in [6.07, 6.45) is 19.2. The van der Waals surface area contributed by atoms with Crippen LogP contribution in [0.4, 0.5) is 5.69 Å². The molecule has 4 rings (SSSR count). The summed E-state index contributed by atoms with van der Waals surface area (Å²) in [7, 11) is 0. The van der Waals surface area contributed by atoms with Crippen LogP contribution in [0.15, 0.2) is 82.2 Å². The van der Waals surface area contributed by atoms with Crippen LogP contribution in [-0.2, 0) is 11.3 Å². The number of ether oxygens (including phenoxy) is 1. The van der Waals surface area contributed by atoms with Gasteiger partial charge in [-0.05, 0) is 86.3 Å². The Morgan fingerprint density at radius 3 is 2.31 bits per heavy atom. The van der Waals surface area contributed by atoms with E-state index in [1.807, 2.05) is 38.1 Å². The molecular formula is C42H52N6O. The van der Waals surface area contributed by atoms with Crippen molar-refractivity contribution in [1.82, 2.24) is 9.55 Å². The number of nitriles is 3. The molecule has 0 fully saturated rings. The van der Waals surface area contributed by atoms with E-state index in [-0.39, 0.29) is 22.3 Å². The number of allylic oxidation sites excluding steroid dienone is 8. The van der Waals surface area contributed by atoms with Crippen molar-refractivity contribution in [1.29, 1.82) is 15.8 Å². The summed E-state index contributed by atoms with van der Waals surface area (Å²) in [5, 5.41) is 28.6. The van der Waals surface area contributed by atoms with E-state index in [1.165, 1.54) is 48.0 Å². The standard InChI is InChI=1S/C42H52N6O/c1-9-11-20-47(21-12-10-2)34-17-18-37-38(23-34)48(29-30(3)4)39(46-37)19-16-32-22-31(24-41(5,6)25-32)14-13-15-36-35(28-45)40(33(26-43)27-44)49-42(36,7)8/h13-19,22-23,30H,9-12,20-21,24-25,29H2,1-8H3/b15-13+,19-16+,31-14-. The Balaban J connectivity index is 1.68. The Bertz CT molecular complexity index is 1830. The first kappa shape index (κ1) is 37.0. The lowest BCUT2D eigenvalue weighted by atomic mass is 9.75. The van der Waals surface area contributed by atoms with Crippen LogP contribution < -0.4 is 4.90 Å². The lowest BCUT2D eigenvalue weighted by Crippen LogP contribution is -2.25. The molecule has 2 aliphatic rings. The van der Waals surface area contributed by atoms with Gasteiger partial charge in [0, 0.05) is 30.9 Å². The maximum atomic E-state index is 9.88. The van der Waals surface area contributed by atoms with Gasteiger partial charge in [0.15, 0.2) is 11.3 Å². The number of hydrogen-bond donors (Lipinski definition) is 0. The number of unbranched alkanes of at least 4 members (excludes halogenated alkanes) is 2. The van der Waals surface area contributed by atoms with Gasteiger partial charge in [-0.2, -0.15) is 15.8 Å². The summed E-state index contributed by atoms with van der Waals surface area (Å²) in [5.74, 6) is 1.51. The fourth-order valence-electron chi connectivity index (χ4n) is 6.73. The van der Waals surface area contributed by atoms with Gasteiger partial charge in [0.25, 0.3) is 0 Å². The maximum absolute atomic E-state index is 9.88. The highest BCUT2D eigenvalue weighted by Crippen LogP contribution is 2.41. The minimum atomic E-state index is -0.838. The number of aromatic nitrogens is 2. The summed E-state index contributed by atoms with van der Waals surface area (Å²) >= 11 is 0. The SMILES string of the molecule is CCCCN(CCCC)c1ccc2nc(/C=C/C3=CC(=C/C=C/C4=C(C#N)C(=C(C#N)C#N)OC4(C)C)/CC(C)(C)C3)n(CC(C)C)c2c1. The molecule has 0 saturated heterocycles. The van der Waals surface area contributed by atoms with Gasteiger partial charge in [0.05, 0.1) is 11.0 Å². The van der Waals surface area contributed by atoms with Crippen molar-refractivity contribution in [2.24, 2.45) is 11.3 Å². The van der Waals surface area contributed by atoms with Crippen molar-refractivity contribution in [3.63, 3.8) is 0 Å². The van der Waals surface area contributed by atoms with Gasteiger partial charge in [-0.15, -0.1) is 0 Å². The Hall–Kier alpha value is -4.80. The third kappa shape index (κ3) is 9.01. The van der Waals surface area contributed by atoms with Crippen molar-refractivity contribution in [3.05, 3.63) is 88.0 Å². The molecule has 0 atom stereocenters. The Morgan fingerprint density at radius 2 is 1.69 bits per heavy atom. The zero-order chi connectivity index (χ0) is 35.8. The van der Waals surface area contributed by atoms with Crippen LogP contribution in [0.1, 0.15) is 99.7 Å². The lowest BCUT2D eigenvalue weighted by Gasteiger charge is -2.30. The molecule has 2 aromatic rings. The lowest BCUT2D eigenvalue weighted by molar-refractivity contribution is 0.0954. The predicted octanol–water partition coefficient (Wildman–Crippen LogP) is 10.3. The predicted molar refractivity (Wildman–Crippen MR) is 200 cm³/mol. The molecule has 0 saturated carbocycles. The van der Waals surface area contributed by atoms with Crippen LogP contribution in [0, 0.1) is 45.3 Å². The van der Waals surface area contributed by atoms with E-state index in [9.17, 15) is 15.8 Å². The molecular weight excluding hydrogens is 605 g/mol. The zero-order valence-electron chi connectivity index (χ0n) is 30.7. The van der Waals surface area contributed by atoms with Gasteiger partial charge in [-0.3, -0.25) is 0 Å². The van der Waals surface area contributed by atoms with Crippen molar-refractivity contribution in [3.8, 4) is 18.2 Å². The average molecular weight is 657 g/mol. The minimum Gasteiger partial charge on any atom is -0.480 e. The van der Waals surface area contributed by atoms with E-state index in [2.05, 4.69) is 99.6 Å². The number of fused-ring (bicyclic) bond motifs is 1. The number of rotatable bonds is 13. The molecule has 1 aliphatic heterocycles. The molecule has 0 amide bonds. The van der Waals surface area contributed by atoms with Crippen molar-refractivity contribution in [2.45, 2.75) is 106 Å². The number of hydrogen-bond acceptors (Lipinski definition) is 6. The van der Waals surface area contributed by atoms with Gasteiger partial charge >= 0.3 is 0 Å². The minimum absolute atomic E-state index is 0.0564. The summed E-state index contributed by atoms with van der Waals surface area (Å²) in [4.78, 5) is 7.64. The summed E-state index contributed by atoms with van der Waals surface area (Å²) in [5.41, 5.74) is 5.84. The fourth-order valence-corrected chi connectivity index (χ4v) is 6.73. The van der Waals surface area contributed by atoms with E-state index in [0.29, 0.717) is 11.5 Å². The molecule has 7 nitrogen and oxygen atoms in total. The van der Waals surface area contributed by atoms with E-state index in [1.54, 1.807) is 0 Å². The first-order valence-electron chi connectivity index (χ1n) is 17.8. The topological polar surface area (TPSA) is 102 Å². The highest BCUT2D eigenvalue weighted by atomic mass is 16.5. The monoisotopic (exact) mass is 656 g/mol. The molecule has 0 unspecified atom stereocenters. The largest absolute Gasteiger partial charge is 0.480 e. The molecule has 1 aromatic heterocycles. The van der Waals surface area contributed by atoms with Crippen LogP contribution >= 0.6 is 0 Å². The second kappa shape index (κ2) is 16.1. The van der Waals surface area contributed by atoms with Gasteiger partial charge in [-0.25, -0.2) is 4.98 Å². The Morgan fingerprint density at radius 1 is 1.00 bits per heavy atom. The maximum Gasteiger partial charge on any atom is 0.172 e. The smallest absolute Gasteiger partial charge is 0.172 e. The molecule has 49 heavy (non-hydrogen) atoms. The van der Waals surface area contributed by atoms with E-state index < -0.39 is 5.60 Å². The fraction of sp³-hybridized carbons (Fsp3) is 0.476. The van der Waals surface area contributed by atoms with Gasteiger partial charge in [0.2, 0.25) is 0 Å². The average Bonchev–Trinajstić information content (AvgIpc) is 3.51. The Kier molecular flexibility index (Phi) is 12.1. The third-order valence-electron chi connectivity index (χ3n) is 9.06. The van der Waals surface area contributed by atoms with Gasteiger partial charge in [-0.1, -0.05) is 84.8 Å². The first-order valence-corrected chi connectivity index (χ1v) is 17.8.